The van der Waals surface area contributed by atoms with E-state index in [1.165, 1.54) is 16.8 Å². The van der Waals surface area contributed by atoms with E-state index in [2.05, 4.69) is 84.9 Å². The molecular weight excluding hydrogens is 280 g/mol. The predicted octanol–water partition coefficient (Wildman–Crippen LogP) is 5.38. The van der Waals surface area contributed by atoms with Gasteiger partial charge in [0.1, 0.15) is 0 Å². The molecular formula is C21H22N2. The maximum absolute atomic E-state index is 3.45. The summed E-state index contributed by atoms with van der Waals surface area (Å²) in [5, 5.41) is 3.45. The van der Waals surface area contributed by atoms with Crippen molar-refractivity contribution >= 4 is 17.1 Å². The van der Waals surface area contributed by atoms with Gasteiger partial charge in [0.05, 0.1) is 0 Å². The van der Waals surface area contributed by atoms with Gasteiger partial charge in [0, 0.05) is 30.7 Å². The topological polar surface area (TPSA) is 15.3 Å². The van der Waals surface area contributed by atoms with Crippen molar-refractivity contribution in [2.75, 3.05) is 17.3 Å². The average molecular weight is 302 g/mol. The number of hydrogen-bond donors (Lipinski definition) is 1. The zero-order valence-electron chi connectivity index (χ0n) is 13.7. The van der Waals surface area contributed by atoms with Crippen LogP contribution in [-0.2, 0) is 6.54 Å². The molecule has 3 aromatic rings. The van der Waals surface area contributed by atoms with Gasteiger partial charge in [0.2, 0.25) is 0 Å². The maximum Gasteiger partial charge on any atom is 0.0426 e. The van der Waals surface area contributed by atoms with Gasteiger partial charge in [0.25, 0.3) is 0 Å². The van der Waals surface area contributed by atoms with Crippen LogP contribution in [-0.4, -0.2) is 7.05 Å². The fourth-order valence-electron chi connectivity index (χ4n) is 2.60. The highest BCUT2D eigenvalue weighted by molar-refractivity contribution is 5.60. The number of rotatable bonds is 5. The van der Waals surface area contributed by atoms with E-state index in [9.17, 15) is 0 Å². The lowest BCUT2D eigenvalue weighted by molar-refractivity contribution is 0.923. The number of hydrogen-bond acceptors (Lipinski definition) is 2. The molecule has 0 spiro atoms. The van der Waals surface area contributed by atoms with Crippen molar-refractivity contribution < 1.29 is 0 Å². The zero-order valence-corrected chi connectivity index (χ0v) is 13.7. The highest BCUT2D eigenvalue weighted by atomic mass is 15.1. The highest BCUT2D eigenvalue weighted by Gasteiger charge is 2.03. The number of para-hydroxylation sites is 1. The van der Waals surface area contributed by atoms with Crippen molar-refractivity contribution in [3.05, 3.63) is 90.0 Å². The van der Waals surface area contributed by atoms with Crippen LogP contribution in [0.1, 0.15) is 11.1 Å². The van der Waals surface area contributed by atoms with Crippen LogP contribution in [0.2, 0.25) is 0 Å². The minimum absolute atomic E-state index is 0.882. The number of nitrogens with one attached hydrogen (secondary N) is 1. The van der Waals surface area contributed by atoms with Gasteiger partial charge in [-0.2, -0.15) is 0 Å². The zero-order chi connectivity index (χ0) is 16.1. The van der Waals surface area contributed by atoms with Gasteiger partial charge in [-0.25, -0.2) is 0 Å². The largest absolute Gasteiger partial charge is 0.370 e. The van der Waals surface area contributed by atoms with Crippen LogP contribution in [0.15, 0.2) is 78.9 Å². The Morgan fingerprint density at radius 1 is 0.783 bits per heavy atom. The Balaban J connectivity index is 1.71. The van der Waals surface area contributed by atoms with Crippen molar-refractivity contribution in [2.24, 2.45) is 0 Å². The van der Waals surface area contributed by atoms with E-state index in [0.29, 0.717) is 0 Å². The summed E-state index contributed by atoms with van der Waals surface area (Å²) in [6.45, 7) is 3.00. The lowest BCUT2D eigenvalue weighted by atomic mass is 10.1. The lowest BCUT2D eigenvalue weighted by Crippen LogP contribution is -2.16. The molecule has 0 aliphatic rings. The summed E-state index contributed by atoms with van der Waals surface area (Å²) < 4.78 is 0. The fourth-order valence-corrected chi connectivity index (χ4v) is 2.60. The minimum atomic E-state index is 0.882. The Kier molecular flexibility index (Phi) is 4.62. The van der Waals surface area contributed by atoms with Gasteiger partial charge in [-0.15, -0.1) is 0 Å². The van der Waals surface area contributed by atoms with Crippen molar-refractivity contribution in [3.8, 4) is 0 Å². The minimum Gasteiger partial charge on any atom is -0.370 e. The van der Waals surface area contributed by atoms with E-state index in [4.69, 9.17) is 0 Å². The molecule has 1 N–H and O–H groups in total. The SMILES string of the molecule is Cc1ccc(N(C)Cc2cccc(Nc3ccccc3)c2)cc1. The first-order valence-electron chi connectivity index (χ1n) is 7.89. The number of nitrogens with zero attached hydrogens (tertiary/aromatic N) is 1. The first-order chi connectivity index (χ1) is 11.2. The van der Waals surface area contributed by atoms with E-state index < -0.39 is 0 Å². The summed E-state index contributed by atoms with van der Waals surface area (Å²) >= 11 is 0. The molecule has 0 unspecified atom stereocenters. The molecule has 0 fully saturated rings. The molecule has 3 rings (SSSR count). The summed E-state index contributed by atoms with van der Waals surface area (Å²) in [5.41, 5.74) is 6.03. The van der Waals surface area contributed by atoms with Crippen LogP contribution in [0, 0.1) is 6.92 Å². The second kappa shape index (κ2) is 7.01. The molecule has 0 saturated carbocycles. The first kappa shape index (κ1) is 15.2. The molecule has 116 valence electrons. The Morgan fingerprint density at radius 2 is 1.48 bits per heavy atom. The van der Waals surface area contributed by atoms with Gasteiger partial charge in [-0.05, 0) is 48.9 Å². The van der Waals surface area contributed by atoms with Crippen molar-refractivity contribution in [3.63, 3.8) is 0 Å². The number of aryl methyl sites for hydroxylation is 1. The molecule has 2 nitrogen and oxygen atoms in total. The summed E-state index contributed by atoms with van der Waals surface area (Å²) in [7, 11) is 2.13. The van der Waals surface area contributed by atoms with Crippen LogP contribution in [0.25, 0.3) is 0 Å². The van der Waals surface area contributed by atoms with Gasteiger partial charge in [-0.3, -0.25) is 0 Å². The number of anilines is 3. The number of benzene rings is 3. The van der Waals surface area contributed by atoms with E-state index in [0.717, 1.165) is 17.9 Å². The van der Waals surface area contributed by atoms with E-state index in [1.54, 1.807) is 0 Å². The second-order valence-corrected chi connectivity index (χ2v) is 5.88. The monoisotopic (exact) mass is 302 g/mol. The van der Waals surface area contributed by atoms with Gasteiger partial charge in [-0.1, -0.05) is 48.0 Å². The third-order valence-electron chi connectivity index (χ3n) is 3.88. The average Bonchev–Trinajstić information content (AvgIpc) is 2.57. The molecule has 0 saturated heterocycles. The molecule has 0 radical (unpaired) electrons. The Labute approximate surface area is 138 Å². The van der Waals surface area contributed by atoms with Crippen molar-refractivity contribution in [2.45, 2.75) is 13.5 Å². The second-order valence-electron chi connectivity index (χ2n) is 5.88. The summed E-state index contributed by atoms with van der Waals surface area (Å²) in [5.74, 6) is 0. The molecule has 0 bridgehead atoms. The maximum atomic E-state index is 3.45. The normalized spacial score (nSPS) is 10.3. The highest BCUT2D eigenvalue weighted by Crippen LogP contribution is 2.20. The van der Waals surface area contributed by atoms with E-state index in [-0.39, 0.29) is 0 Å². The summed E-state index contributed by atoms with van der Waals surface area (Å²) in [4.78, 5) is 2.26. The summed E-state index contributed by atoms with van der Waals surface area (Å²) in [6, 6.07) is 27.5. The lowest BCUT2D eigenvalue weighted by Gasteiger charge is -2.20. The predicted molar refractivity (Wildman–Crippen MR) is 99.5 cm³/mol. The summed E-state index contributed by atoms with van der Waals surface area (Å²) in [6.07, 6.45) is 0. The van der Waals surface area contributed by atoms with E-state index in [1.807, 2.05) is 18.2 Å². The van der Waals surface area contributed by atoms with Crippen LogP contribution in [0.4, 0.5) is 17.1 Å². The molecule has 0 aliphatic heterocycles. The molecule has 0 atom stereocenters. The third-order valence-corrected chi connectivity index (χ3v) is 3.88. The molecule has 23 heavy (non-hydrogen) atoms. The smallest absolute Gasteiger partial charge is 0.0426 e. The quantitative estimate of drug-likeness (QED) is 0.681. The van der Waals surface area contributed by atoms with Crippen LogP contribution < -0.4 is 10.2 Å². The fraction of sp³-hybridized carbons (Fsp3) is 0.143. The van der Waals surface area contributed by atoms with Gasteiger partial charge < -0.3 is 10.2 Å². The van der Waals surface area contributed by atoms with Crippen LogP contribution in [0.5, 0.6) is 0 Å². The van der Waals surface area contributed by atoms with Crippen LogP contribution in [0.3, 0.4) is 0 Å². The Bertz CT molecular complexity index is 748. The molecule has 3 aromatic carbocycles. The van der Waals surface area contributed by atoms with E-state index >= 15 is 0 Å². The molecule has 0 amide bonds. The molecule has 0 heterocycles. The van der Waals surface area contributed by atoms with Crippen molar-refractivity contribution in [1.29, 1.82) is 0 Å². The molecule has 0 aromatic heterocycles. The first-order valence-corrected chi connectivity index (χ1v) is 7.89. The van der Waals surface area contributed by atoms with Gasteiger partial charge >= 0.3 is 0 Å². The third kappa shape index (κ3) is 4.13. The Hall–Kier alpha value is -2.74. The molecule has 2 heteroatoms. The molecule has 0 aliphatic carbocycles. The van der Waals surface area contributed by atoms with Gasteiger partial charge in [0.15, 0.2) is 0 Å². The standard InChI is InChI=1S/C21H22N2/c1-17-11-13-21(14-12-17)23(2)16-18-7-6-10-20(15-18)22-19-8-4-3-5-9-19/h3-15,22H,16H2,1-2H3. The van der Waals surface area contributed by atoms with Crippen molar-refractivity contribution in [1.82, 2.24) is 0 Å². The Morgan fingerprint density at radius 3 is 2.22 bits per heavy atom. The van der Waals surface area contributed by atoms with Crippen LogP contribution >= 0.6 is 0 Å².